The van der Waals surface area contributed by atoms with Crippen molar-refractivity contribution in [2.45, 2.75) is 19.8 Å². The van der Waals surface area contributed by atoms with E-state index in [0.717, 1.165) is 23.4 Å². The number of aryl methyl sites for hydroxylation is 1. The van der Waals surface area contributed by atoms with Crippen molar-refractivity contribution in [3.8, 4) is 0 Å². The van der Waals surface area contributed by atoms with Crippen LogP contribution in [-0.4, -0.2) is 17.9 Å². The first-order valence-electron chi connectivity index (χ1n) is 5.18. The topological polar surface area (TPSA) is 29.1 Å². The lowest BCUT2D eigenvalue weighted by Crippen LogP contribution is -2.11. The maximum atomic E-state index is 11.5. The third kappa shape index (κ3) is 4.45. The van der Waals surface area contributed by atoms with E-state index in [2.05, 4.69) is 5.32 Å². The standard InChI is InChI=1S/C12H16ClNOS/c1-9-5-6-10(8-11(9)13)14-12(15)4-3-7-16-2/h5-6,8H,3-4,7H2,1-2H3,(H,14,15). The molecule has 0 aromatic heterocycles. The molecule has 0 aliphatic heterocycles. The smallest absolute Gasteiger partial charge is 0.224 e. The van der Waals surface area contributed by atoms with Gasteiger partial charge in [0.05, 0.1) is 0 Å². The Morgan fingerprint density at radius 1 is 1.50 bits per heavy atom. The van der Waals surface area contributed by atoms with Crippen molar-refractivity contribution in [3.05, 3.63) is 28.8 Å². The van der Waals surface area contributed by atoms with Crippen molar-refractivity contribution in [2.24, 2.45) is 0 Å². The monoisotopic (exact) mass is 257 g/mol. The summed E-state index contributed by atoms with van der Waals surface area (Å²) in [6.07, 6.45) is 3.51. The van der Waals surface area contributed by atoms with E-state index in [4.69, 9.17) is 11.6 Å². The Labute approximate surface area is 106 Å². The summed E-state index contributed by atoms with van der Waals surface area (Å²) >= 11 is 7.72. The van der Waals surface area contributed by atoms with Crippen molar-refractivity contribution in [1.82, 2.24) is 0 Å². The molecule has 1 aromatic rings. The highest BCUT2D eigenvalue weighted by Crippen LogP contribution is 2.20. The van der Waals surface area contributed by atoms with Crippen LogP contribution in [0.1, 0.15) is 18.4 Å². The molecule has 1 rings (SSSR count). The van der Waals surface area contributed by atoms with Crippen molar-refractivity contribution in [3.63, 3.8) is 0 Å². The highest BCUT2D eigenvalue weighted by atomic mass is 35.5. The van der Waals surface area contributed by atoms with Crippen molar-refractivity contribution in [2.75, 3.05) is 17.3 Å². The molecule has 0 saturated heterocycles. The molecule has 0 fully saturated rings. The van der Waals surface area contributed by atoms with Gasteiger partial charge in [-0.15, -0.1) is 0 Å². The van der Waals surface area contributed by atoms with Gasteiger partial charge in [0.1, 0.15) is 0 Å². The predicted molar refractivity (Wildman–Crippen MR) is 72.4 cm³/mol. The van der Waals surface area contributed by atoms with Gasteiger partial charge in [-0.25, -0.2) is 0 Å². The number of nitrogens with one attached hydrogen (secondary N) is 1. The molecule has 0 aliphatic carbocycles. The number of amides is 1. The fourth-order valence-electron chi connectivity index (χ4n) is 1.27. The van der Waals surface area contributed by atoms with Gasteiger partial charge < -0.3 is 5.32 Å². The molecule has 0 radical (unpaired) electrons. The van der Waals surface area contributed by atoms with Crippen LogP contribution in [0.15, 0.2) is 18.2 Å². The fourth-order valence-corrected chi connectivity index (χ4v) is 1.88. The van der Waals surface area contributed by atoms with Crippen molar-refractivity contribution < 1.29 is 4.79 Å². The average molecular weight is 258 g/mol. The van der Waals surface area contributed by atoms with Crippen LogP contribution < -0.4 is 5.32 Å². The Kier molecular flexibility index (Phi) is 5.71. The van der Waals surface area contributed by atoms with Gasteiger partial charge in [-0.3, -0.25) is 4.79 Å². The number of hydrogen-bond donors (Lipinski definition) is 1. The van der Waals surface area contributed by atoms with Crippen LogP contribution in [0, 0.1) is 6.92 Å². The van der Waals surface area contributed by atoms with Gasteiger partial charge in [-0.2, -0.15) is 11.8 Å². The Morgan fingerprint density at radius 2 is 2.25 bits per heavy atom. The summed E-state index contributed by atoms with van der Waals surface area (Å²) in [6, 6.07) is 5.55. The van der Waals surface area contributed by atoms with E-state index in [1.54, 1.807) is 17.8 Å². The molecule has 1 N–H and O–H groups in total. The Hall–Kier alpha value is -0.670. The molecule has 0 atom stereocenters. The molecule has 0 unspecified atom stereocenters. The first-order valence-corrected chi connectivity index (χ1v) is 6.95. The number of thioether (sulfide) groups is 1. The zero-order valence-electron chi connectivity index (χ0n) is 9.55. The first-order chi connectivity index (χ1) is 7.63. The average Bonchev–Trinajstić information content (AvgIpc) is 2.24. The summed E-state index contributed by atoms with van der Waals surface area (Å²) < 4.78 is 0. The maximum absolute atomic E-state index is 11.5. The van der Waals surface area contributed by atoms with Crippen LogP contribution in [0.4, 0.5) is 5.69 Å². The van der Waals surface area contributed by atoms with E-state index >= 15 is 0 Å². The number of anilines is 1. The Bertz CT molecular complexity index is 368. The van der Waals surface area contributed by atoms with Gasteiger partial charge in [-0.05, 0) is 43.0 Å². The summed E-state index contributed by atoms with van der Waals surface area (Å²) in [6.45, 7) is 1.94. The molecule has 4 heteroatoms. The van der Waals surface area contributed by atoms with Crippen molar-refractivity contribution >= 4 is 35.0 Å². The van der Waals surface area contributed by atoms with Crippen LogP contribution in [0.5, 0.6) is 0 Å². The summed E-state index contributed by atoms with van der Waals surface area (Å²) in [5.74, 6) is 1.07. The third-order valence-electron chi connectivity index (χ3n) is 2.21. The summed E-state index contributed by atoms with van der Waals surface area (Å²) in [7, 11) is 0. The molecule has 0 heterocycles. The van der Waals surface area contributed by atoms with Gasteiger partial charge in [0.15, 0.2) is 0 Å². The van der Waals surface area contributed by atoms with Gasteiger partial charge in [0.2, 0.25) is 5.91 Å². The van der Waals surface area contributed by atoms with Gasteiger partial charge in [0.25, 0.3) is 0 Å². The Balaban J connectivity index is 2.46. The SMILES string of the molecule is CSCCCC(=O)Nc1ccc(C)c(Cl)c1. The number of carbonyl (C=O) groups excluding carboxylic acids is 1. The highest BCUT2D eigenvalue weighted by Gasteiger charge is 2.03. The molecule has 0 bridgehead atoms. The van der Waals surface area contributed by atoms with E-state index in [0.29, 0.717) is 11.4 Å². The van der Waals surface area contributed by atoms with Crippen LogP contribution in [-0.2, 0) is 4.79 Å². The lowest BCUT2D eigenvalue weighted by Gasteiger charge is -2.06. The second-order valence-electron chi connectivity index (χ2n) is 3.61. The minimum atomic E-state index is 0.0500. The second kappa shape index (κ2) is 6.81. The van der Waals surface area contributed by atoms with E-state index in [1.165, 1.54) is 0 Å². The molecule has 0 spiro atoms. The van der Waals surface area contributed by atoms with Crippen LogP contribution in [0.3, 0.4) is 0 Å². The van der Waals surface area contributed by atoms with Crippen molar-refractivity contribution in [1.29, 1.82) is 0 Å². The molecule has 1 amide bonds. The number of carbonyl (C=O) groups is 1. The molecular formula is C12H16ClNOS. The fraction of sp³-hybridized carbons (Fsp3) is 0.417. The number of halogens is 1. The minimum Gasteiger partial charge on any atom is -0.326 e. The zero-order valence-corrected chi connectivity index (χ0v) is 11.1. The summed E-state index contributed by atoms with van der Waals surface area (Å²) in [4.78, 5) is 11.5. The van der Waals surface area contributed by atoms with E-state index in [1.807, 2.05) is 25.3 Å². The Morgan fingerprint density at radius 3 is 2.88 bits per heavy atom. The predicted octanol–water partition coefficient (Wildman–Crippen LogP) is 3.73. The number of benzene rings is 1. The van der Waals surface area contributed by atoms with Crippen LogP contribution >= 0.6 is 23.4 Å². The summed E-state index contributed by atoms with van der Waals surface area (Å²) in [5, 5.41) is 3.52. The van der Waals surface area contributed by atoms with Gasteiger partial charge in [0, 0.05) is 17.1 Å². The lowest BCUT2D eigenvalue weighted by molar-refractivity contribution is -0.116. The van der Waals surface area contributed by atoms with Crippen LogP contribution in [0.2, 0.25) is 5.02 Å². The van der Waals surface area contributed by atoms with Crippen LogP contribution in [0.25, 0.3) is 0 Å². The minimum absolute atomic E-state index is 0.0500. The van der Waals surface area contributed by atoms with Gasteiger partial charge >= 0.3 is 0 Å². The molecular weight excluding hydrogens is 242 g/mol. The van der Waals surface area contributed by atoms with E-state index in [9.17, 15) is 4.79 Å². The first kappa shape index (κ1) is 13.4. The zero-order chi connectivity index (χ0) is 12.0. The molecule has 0 saturated carbocycles. The quantitative estimate of drug-likeness (QED) is 0.815. The third-order valence-corrected chi connectivity index (χ3v) is 3.31. The molecule has 1 aromatic carbocycles. The van der Waals surface area contributed by atoms with Gasteiger partial charge in [-0.1, -0.05) is 17.7 Å². The molecule has 16 heavy (non-hydrogen) atoms. The van der Waals surface area contributed by atoms with E-state index in [-0.39, 0.29) is 5.91 Å². The number of hydrogen-bond acceptors (Lipinski definition) is 2. The molecule has 0 aliphatic rings. The number of rotatable bonds is 5. The second-order valence-corrected chi connectivity index (χ2v) is 5.00. The van der Waals surface area contributed by atoms with E-state index < -0.39 is 0 Å². The molecule has 88 valence electrons. The largest absolute Gasteiger partial charge is 0.326 e. The maximum Gasteiger partial charge on any atom is 0.224 e. The summed E-state index contributed by atoms with van der Waals surface area (Å²) in [5.41, 5.74) is 1.78. The highest BCUT2D eigenvalue weighted by molar-refractivity contribution is 7.98. The lowest BCUT2D eigenvalue weighted by atomic mass is 10.2. The molecule has 2 nitrogen and oxygen atoms in total. The normalized spacial score (nSPS) is 10.2.